The van der Waals surface area contributed by atoms with Crippen LogP contribution in [0.4, 0.5) is 0 Å². The van der Waals surface area contributed by atoms with Gasteiger partial charge in [0.25, 0.3) is 0 Å². The Balaban J connectivity index is 2.39. The molecule has 0 bridgehead atoms. The molecule has 114 valence electrons. The smallest absolute Gasteiger partial charge is 0.137 e. The van der Waals surface area contributed by atoms with Crippen LogP contribution in [0.1, 0.15) is 33.3 Å². The third kappa shape index (κ3) is 3.44. The summed E-state index contributed by atoms with van der Waals surface area (Å²) in [6, 6.07) is 7.68. The normalized spacial score (nSPS) is 16.5. The largest absolute Gasteiger partial charge is 0.390 e. The van der Waals surface area contributed by atoms with Crippen LogP contribution in [0.2, 0.25) is 5.02 Å². The van der Waals surface area contributed by atoms with Crippen molar-refractivity contribution < 1.29 is 5.11 Å². The Bertz CT molecular complexity index is 575. The minimum Gasteiger partial charge on any atom is -0.390 e. The van der Waals surface area contributed by atoms with Crippen molar-refractivity contribution in [2.75, 3.05) is 0 Å². The van der Waals surface area contributed by atoms with Crippen molar-refractivity contribution in [3.63, 3.8) is 0 Å². The minimum absolute atomic E-state index is 0.271. The summed E-state index contributed by atoms with van der Waals surface area (Å²) < 4.78 is 1.75. The highest BCUT2D eigenvalue weighted by molar-refractivity contribution is 6.30. The molecule has 2 atom stereocenters. The molecule has 2 aromatic rings. The Morgan fingerprint density at radius 2 is 1.81 bits per heavy atom. The number of hydrogen-bond acceptors (Lipinski definition) is 3. The van der Waals surface area contributed by atoms with Crippen LogP contribution in [0, 0.1) is 5.41 Å². The van der Waals surface area contributed by atoms with Gasteiger partial charge in [0, 0.05) is 11.4 Å². The molecule has 21 heavy (non-hydrogen) atoms. The van der Waals surface area contributed by atoms with Crippen molar-refractivity contribution in [1.29, 1.82) is 0 Å². The van der Waals surface area contributed by atoms with Gasteiger partial charge in [-0.3, -0.25) is 0 Å². The van der Waals surface area contributed by atoms with Crippen molar-refractivity contribution in [3.05, 3.63) is 47.5 Å². The fourth-order valence-corrected chi connectivity index (χ4v) is 2.85. The highest BCUT2D eigenvalue weighted by Crippen LogP contribution is 2.35. The molecule has 0 radical (unpaired) electrons. The van der Waals surface area contributed by atoms with Gasteiger partial charge >= 0.3 is 0 Å². The number of aliphatic hydroxyl groups is 1. The lowest BCUT2D eigenvalue weighted by Gasteiger charge is -2.41. The van der Waals surface area contributed by atoms with E-state index in [0.717, 1.165) is 5.56 Å². The molecule has 0 saturated heterocycles. The van der Waals surface area contributed by atoms with Crippen LogP contribution in [0.15, 0.2) is 36.9 Å². The van der Waals surface area contributed by atoms with Crippen LogP contribution >= 0.6 is 11.6 Å². The summed E-state index contributed by atoms with van der Waals surface area (Å²) >= 11 is 5.94. The fourth-order valence-electron chi connectivity index (χ4n) is 2.72. The zero-order chi connectivity index (χ0) is 15.7. The van der Waals surface area contributed by atoms with E-state index < -0.39 is 11.6 Å². The fraction of sp³-hybridized carbons (Fsp3) is 0.500. The Morgan fingerprint density at radius 1 is 1.19 bits per heavy atom. The zero-order valence-corrected chi connectivity index (χ0v) is 13.7. The van der Waals surface area contributed by atoms with Crippen molar-refractivity contribution in [3.8, 4) is 0 Å². The highest BCUT2D eigenvalue weighted by Gasteiger charge is 2.42. The lowest BCUT2D eigenvalue weighted by atomic mass is 9.74. The number of hydrogen-bond donors (Lipinski definition) is 1. The SMILES string of the molecule is CC(C)(C)C(O)C(C)(Cc1ccc(Cl)cc1)n1cncn1. The molecule has 4 nitrogen and oxygen atoms in total. The maximum atomic E-state index is 10.9. The van der Waals surface area contributed by atoms with Crippen LogP contribution in [-0.2, 0) is 12.0 Å². The minimum atomic E-state index is -0.581. The van der Waals surface area contributed by atoms with Gasteiger partial charge in [-0.1, -0.05) is 44.5 Å². The number of nitrogens with zero attached hydrogens (tertiary/aromatic N) is 3. The third-order valence-corrected chi connectivity index (χ3v) is 4.08. The molecule has 0 spiro atoms. The summed E-state index contributed by atoms with van der Waals surface area (Å²) in [7, 11) is 0. The second-order valence-corrected chi connectivity index (χ2v) is 7.21. The molecule has 0 fully saturated rings. The van der Waals surface area contributed by atoms with E-state index in [4.69, 9.17) is 11.6 Å². The molecule has 0 aliphatic carbocycles. The third-order valence-electron chi connectivity index (χ3n) is 3.83. The second-order valence-electron chi connectivity index (χ2n) is 6.77. The summed E-state index contributed by atoms with van der Waals surface area (Å²) in [4.78, 5) is 4.03. The molecular weight excluding hydrogens is 286 g/mol. The summed E-state index contributed by atoms with van der Waals surface area (Å²) in [5.74, 6) is 0. The number of aromatic nitrogens is 3. The molecule has 2 rings (SSSR count). The Labute approximate surface area is 130 Å². The predicted octanol–water partition coefficient (Wildman–Crippen LogP) is 3.30. The average molecular weight is 308 g/mol. The predicted molar refractivity (Wildman–Crippen MR) is 84.3 cm³/mol. The molecule has 1 aromatic carbocycles. The van der Waals surface area contributed by atoms with E-state index in [0.29, 0.717) is 11.4 Å². The maximum absolute atomic E-state index is 10.9. The van der Waals surface area contributed by atoms with E-state index >= 15 is 0 Å². The topological polar surface area (TPSA) is 50.9 Å². The van der Waals surface area contributed by atoms with E-state index in [9.17, 15) is 5.11 Å². The number of rotatable bonds is 4. The first-order valence-corrected chi connectivity index (χ1v) is 7.39. The van der Waals surface area contributed by atoms with Crippen molar-refractivity contribution in [2.24, 2.45) is 5.41 Å². The molecule has 5 heteroatoms. The van der Waals surface area contributed by atoms with Crippen LogP contribution in [-0.4, -0.2) is 26.0 Å². The summed E-state index contributed by atoms with van der Waals surface area (Å²) in [6.07, 6.45) is 3.22. The molecule has 1 N–H and O–H groups in total. The van der Waals surface area contributed by atoms with Crippen LogP contribution < -0.4 is 0 Å². The van der Waals surface area contributed by atoms with Gasteiger partial charge in [-0.15, -0.1) is 0 Å². The van der Waals surface area contributed by atoms with Gasteiger partial charge < -0.3 is 5.11 Å². The second kappa shape index (κ2) is 5.78. The number of benzene rings is 1. The Morgan fingerprint density at radius 3 is 2.29 bits per heavy atom. The molecule has 0 aliphatic heterocycles. The first-order valence-electron chi connectivity index (χ1n) is 7.01. The Hall–Kier alpha value is -1.39. The first kappa shape index (κ1) is 16.0. The van der Waals surface area contributed by atoms with Gasteiger partial charge in [-0.05, 0) is 30.0 Å². The molecule has 2 unspecified atom stereocenters. The monoisotopic (exact) mass is 307 g/mol. The van der Waals surface area contributed by atoms with E-state index in [1.807, 2.05) is 52.0 Å². The highest BCUT2D eigenvalue weighted by atomic mass is 35.5. The van der Waals surface area contributed by atoms with Gasteiger partial charge in [0.15, 0.2) is 0 Å². The average Bonchev–Trinajstić information content (AvgIpc) is 2.94. The summed E-state index contributed by atoms with van der Waals surface area (Å²) in [5.41, 5.74) is 0.246. The van der Waals surface area contributed by atoms with Gasteiger partial charge in [-0.2, -0.15) is 5.10 Å². The summed E-state index contributed by atoms with van der Waals surface area (Å²) in [5, 5.41) is 15.8. The standard InChI is InChI=1S/C16H22ClN3O/c1-15(2,3)14(21)16(4,20-11-18-10-19-20)9-12-5-7-13(17)8-6-12/h5-8,10-11,14,21H,9H2,1-4H3. The molecule has 0 amide bonds. The number of aliphatic hydroxyl groups excluding tert-OH is 1. The molecule has 0 aliphatic rings. The molecule has 0 saturated carbocycles. The van der Waals surface area contributed by atoms with E-state index in [2.05, 4.69) is 10.1 Å². The molecular formula is C16H22ClN3O. The van der Waals surface area contributed by atoms with Gasteiger partial charge in [0.05, 0.1) is 11.6 Å². The maximum Gasteiger partial charge on any atom is 0.137 e. The molecule has 1 aromatic heterocycles. The van der Waals surface area contributed by atoms with E-state index in [1.165, 1.54) is 6.33 Å². The Kier molecular flexibility index (Phi) is 4.40. The van der Waals surface area contributed by atoms with Gasteiger partial charge in [-0.25, -0.2) is 9.67 Å². The van der Waals surface area contributed by atoms with E-state index in [1.54, 1.807) is 11.0 Å². The first-order chi connectivity index (χ1) is 9.73. The quantitative estimate of drug-likeness (QED) is 0.943. The van der Waals surface area contributed by atoms with Crippen LogP contribution in [0.5, 0.6) is 0 Å². The van der Waals surface area contributed by atoms with Crippen molar-refractivity contribution in [2.45, 2.75) is 45.8 Å². The molecule has 1 heterocycles. The van der Waals surface area contributed by atoms with Crippen LogP contribution in [0.25, 0.3) is 0 Å². The van der Waals surface area contributed by atoms with Gasteiger partial charge in [0.1, 0.15) is 12.7 Å². The lowest BCUT2D eigenvalue weighted by molar-refractivity contribution is -0.0396. The van der Waals surface area contributed by atoms with Crippen molar-refractivity contribution in [1.82, 2.24) is 14.8 Å². The van der Waals surface area contributed by atoms with Gasteiger partial charge in [0.2, 0.25) is 0 Å². The van der Waals surface area contributed by atoms with Crippen LogP contribution in [0.3, 0.4) is 0 Å². The van der Waals surface area contributed by atoms with Crippen molar-refractivity contribution >= 4 is 11.6 Å². The summed E-state index contributed by atoms with van der Waals surface area (Å²) in [6.45, 7) is 8.07. The zero-order valence-electron chi connectivity index (χ0n) is 12.9. The lowest BCUT2D eigenvalue weighted by Crippen LogP contribution is -2.50. The number of halogens is 1. The van der Waals surface area contributed by atoms with E-state index in [-0.39, 0.29) is 5.41 Å².